The van der Waals surface area contributed by atoms with Gasteiger partial charge >= 0.3 is 5.97 Å². The molecule has 6 nitrogen and oxygen atoms in total. The van der Waals surface area contributed by atoms with Crippen LogP contribution in [-0.4, -0.2) is 33.9 Å². The van der Waals surface area contributed by atoms with Crippen molar-refractivity contribution in [2.24, 2.45) is 0 Å². The van der Waals surface area contributed by atoms with E-state index in [9.17, 15) is 9.59 Å². The molecule has 0 bridgehead atoms. The number of anilines is 1. The van der Waals surface area contributed by atoms with Crippen LogP contribution in [0.2, 0.25) is 0 Å². The second-order valence-electron chi connectivity index (χ2n) is 5.17. The van der Waals surface area contributed by atoms with Crippen molar-refractivity contribution in [3.05, 3.63) is 34.3 Å². The van der Waals surface area contributed by atoms with Gasteiger partial charge in [-0.25, -0.2) is 9.48 Å². The van der Waals surface area contributed by atoms with Crippen molar-refractivity contribution >= 4 is 11.7 Å². The second-order valence-corrected chi connectivity index (χ2v) is 5.17. The van der Waals surface area contributed by atoms with Gasteiger partial charge in [0.2, 0.25) is 0 Å². The first-order valence-electron chi connectivity index (χ1n) is 7.36. The van der Waals surface area contributed by atoms with Crippen molar-refractivity contribution in [3.8, 4) is 0 Å². The van der Waals surface area contributed by atoms with Crippen LogP contribution in [0.5, 0.6) is 0 Å². The zero-order valence-corrected chi connectivity index (χ0v) is 12.3. The second kappa shape index (κ2) is 7.06. The third kappa shape index (κ3) is 3.93. The molecule has 0 spiro atoms. The number of carboxylic acid groups (broad SMARTS) is 1. The van der Waals surface area contributed by atoms with Gasteiger partial charge in [0.05, 0.1) is 18.4 Å². The molecule has 1 fully saturated rings. The Hall–Kier alpha value is -2.11. The molecule has 0 aromatic carbocycles. The maximum atomic E-state index is 12.1. The molecule has 2 rings (SSSR count). The summed E-state index contributed by atoms with van der Waals surface area (Å²) in [6.07, 6.45) is 7.18. The van der Waals surface area contributed by atoms with Crippen LogP contribution >= 0.6 is 0 Å². The summed E-state index contributed by atoms with van der Waals surface area (Å²) in [6.45, 7) is 3.89. The van der Waals surface area contributed by atoms with Gasteiger partial charge in [0.1, 0.15) is 0 Å². The van der Waals surface area contributed by atoms with E-state index in [1.54, 1.807) is 19.2 Å². The highest BCUT2D eigenvalue weighted by Crippen LogP contribution is 2.16. The number of carbonyl (C=O) groups is 1. The predicted octanol–water partition coefficient (Wildman–Crippen LogP) is 1.65. The lowest BCUT2D eigenvalue weighted by Crippen LogP contribution is -2.32. The van der Waals surface area contributed by atoms with E-state index < -0.39 is 5.97 Å². The minimum absolute atomic E-state index is 0.189. The molecule has 0 radical (unpaired) electrons. The quantitative estimate of drug-likeness (QED) is 0.835. The number of aliphatic carboxylic acids is 1. The van der Waals surface area contributed by atoms with Crippen molar-refractivity contribution in [2.75, 3.05) is 18.0 Å². The number of allylic oxidation sites excluding steroid dienone is 1. The zero-order chi connectivity index (χ0) is 15.2. The zero-order valence-electron chi connectivity index (χ0n) is 12.3. The van der Waals surface area contributed by atoms with Crippen LogP contribution in [-0.2, 0) is 11.3 Å². The van der Waals surface area contributed by atoms with Gasteiger partial charge in [-0.1, -0.05) is 13.0 Å². The van der Waals surface area contributed by atoms with E-state index in [2.05, 4.69) is 10.00 Å². The minimum atomic E-state index is -0.949. The van der Waals surface area contributed by atoms with Gasteiger partial charge in [-0.05, 0) is 25.7 Å². The number of hydrogen-bond acceptors (Lipinski definition) is 4. The summed E-state index contributed by atoms with van der Waals surface area (Å²) < 4.78 is 1.28. The van der Waals surface area contributed by atoms with E-state index in [-0.39, 0.29) is 12.1 Å². The van der Waals surface area contributed by atoms with Gasteiger partial charge in [0, 0.05) is 24.7 Å². The average molecular weight is 291 g/mol. The van der Waals surface area contributed by atoms with E-state index in [1.807, 2.05) is 0 Å². The maximum absolute atomic E-state index is 12.1. The van der Waals surface area contributed by atoms with Gasteiger partial charge < -0.3 is 10.0 Å². The van der Waals surface area contributed by atoms with Crippen molar-refractivity contribution in [2.45, 2.75) is 39.2 Å². The van der Waals surface area contributed by atoms with Crippen molar-refractivity contribution in [1.82, 2.24) is 9.78 Å². The molecule has 1 aliphatic heterocycles. The summed E-state index contributed by atoms with van der Waals surface area (Å²) in [5.41, 5.74) is 0.952. The third-order valence-corrected chi connectivity index (χ3v) is 3.74. The Morgan fingerprint density at radius 2 is 2.10 bits per heavy atom. The highest BCUT2D eigenvalue weighted by molar-refractivity contribution is 5.86. The number of hydrogen-bond donors (Lipinski definition) is 1. The first-order chi connectivity index (χ1) is 10.1. The molecule has 0 unspecified atom stereocenters. The van der Waals surface area contributed by atoms with Gasteiger partial charge in [-0.3, -0.25) is 4.79 Å². The largest absolute Gasteiger partial charge is 0.478 e. The number of carboxylic acids is 1. The Morgan fingerprint density at radius 1 is 1.38 bits per heavy atom. The lowest BCUT2D eigenvalue weighted by molar-refractivity contribution is -0.132. The molecule has 2 heterocycles. The Bertz CT molecular complexity index is 586. The van der Waals surface area contributed by atoms with Crippen LogP contribution in [0.3, 0.4) is 0 Å². The van der Waals surface area contributed by atoms with Crippen LogP contribution in [0.4, 0.5) is 5.69 Å². The van der Waals surface area contributed by atoms with E-state index in [1.165, 1.54) is 17.2 Å². The van der Waals surface area contributed by atoms with Crippen LogP contribution in [0.25, 0.3) is 0 Å². The third-order valence-electron chi connectivity index (χ3n) is 3.74. The van der Waals surface area contributed by atoms with Gasteiger partial charge in [-0.15, -0.1) is 0 Å². The smallest absolute Gasteiger partial charge is 0.331 e. The molecule has 1 saturated heterocycles. The lowest BCUT2D eigenvalue weighted by Gasteiger charge is -2.28. The molecule has 6 heteroatoms. The van der Waals surface area contributed by atoms with Crippen molar-refractivity contribution < 1.29 is 9.90 Å². The van der Waals surface area contributed by atoms with E-state index >= 15 is 0 Å². The summed E-state index contributed by atoms with van der Waals surface area (Å²) in [6, 6.07) is 1.58. The van der Waals surface area contributed by atoms with Crippen LogP contribution in [0.1, 0.15) is 32.6 Å². The number of nitrogens with zero attached hydrogens (tertiary/aromatic N) is 3. The van der Waals surface area contributed by atoms with Gasteiger partial charge in [0.25, 0.3) is 5.56 Å². The van der Waals surface area contributed by atoms with Gasteiger partial charge in [0.15, 0.2) is 0 Å². The number of piperidine rings is 1. The molecule has 1 N–H and O–H groups in total. The van der Waals surface area contributed by atoms with Crippen LogP contribution in [0, 0.1) is 0 Å². The summed E-state index contributed by atoms with van der Waals surface area (Å²) in [7, 11) is 0. The van der Waals surface area contributed by atoms with Crippen molar-refractivity contribution in [1.29, 1.82) is 0 Å². The molecule has 1 aromatic heterocycles. The molecule has 0 amide bonds. The standard InChI is InChI=1S/C15H21N3O3/c1-2-12(15(20)21)6-9-18-14(19)10-13(11-16-18)17-7-4-3-5-8-17/h6,10-11H,2-5,7-9H2,1H3,(H,20,21). The van der Waals surface area contributed by atoms with E-state index in [0.717, 1.165) is 31.6 Å². The van der Waals surface area contributed by atoms with E-state index in [0.29, 0.717) is 12.0 Å². The summed E-state index contributed by atoms with van der Waals surface area (Å²) >= 11 is 0. The fourth-order valence-electron chi connectivity index (χ4n) is 2.47. The lowest BCUT2D eigenvalue weighted by atomic mass is 10.1. The molecule has 21 heavy (non-hydrogen) atoms. The molecular weight excluding hydrogens is 270 g/mol. The average Bonchev–Trinajstić information content (AvgIpc) is 2.49. The summed E-state index contributed by atoms with van der Waals surface area (Å²) in [5, 5.41) is 13.1. The first-order valence-corrected chi connectivity index (χ1v) is 7.36. The highest BCUT2D eigenvalue weighted by atomic mass is 16.4. The molecule has 1 aliphatic rings. The monoisotopic (exact) mass is 291 g/mol. The van der Waals surface area contributed by atoms with E-state index in [4.69, 9.17) is 5.11 Å². The molecular formula is C15H21N3O3. The molecule has 0 atom stereocenters. The SMILES string of the molecule is CCC(=CCn1ncc(N2CCCCC2)cc1=O)C(=O)O. The fourth-order valence-corrected chi connectivity index (χ4v) is 2.47. The normalized spacial score (nSPS) is 16.0. The highest BCUT2D eigenvalue weighted by Gasteiger charge is 2.12. The number of rotatable bonds is 5. The Labute approximate surface area is 123 Å². The molecule has 0 aliphatic carbocycles. The number of aromatic nitrogens is 2. The maximum Gasteiger partial charge on any atom is 0.331 e. The fraction of sp³-hybridized carbons (Fsp3) is 0.533. The summed E-state index contributed by atoms with van der Waals surface area (Å²) in [4.78, 5) is 25.1. The van der Waals surface area contributed by atoms with Crippen LogP contribution in [0.15, 0.2) is 28.7 Å². The van der Waals surface area contributed by atoms with Crippen LogP contribution < -0.4 is 10.5 Å². The summed E-state index contributed by atoms with van der Waals surface area (Å²) in [5.74, 6) is -0.949. The molecule has 114 valence electrons. The van der Waals surface area contributed by atoms with Gasteiger partial charge in [-0.2, -0.15) is 5.10 Å². The Balaban J connectivity index is 2.12. The Kier molecular flexibility index (Phi) is 5.14. The Morgan fingerprint density at radius 3 is 2.67 bits per heavy atom. The molecule has 1 aromatic rings. The topological polar surface area (TPSA) is 75.4 Å². The molecule has 0 saturated carbocycles. The predicted molar refractivity (Wildman–Crippen MR) is 80.6 cm³/mol. The minimum Gasteiger partial charge on any atom is -0.478 e. The van der Waals surface area contributed by atoms with Crippen molar-refractivity contribution in [3.63, 3.8) is 0 Å². The first kappa shape index (κ1) is 15.3.